The monoisotopic (exact) mass is 260 g/mol. The molecule has 1 rings (SSSR count). The number of carbonyl (C=O) groups is 1. The number of nitrogens with zero attached hydrogens (tertiary/aromatic N) is 3. The van der Waals surface area contributed by atoms with Crippen LogP contribution in [0.4, 0.5) is 0 Å². The number of nitrogens with two attached hydrogens (primary N) is 1. The smallest absolute Gasteiger partial charge is 1.00 e. The van der Waals surface area contributed by atoms with Gasteiger partial charge in [0.05, 0.1) is 0 Å². The topological polar surface area (TPSA) is 107 Å². The van der Waals surface area contributed by atoms with Gasteiger partial charge in [-0.1, -0.05) is 11.3 Å². The first-order valence-electron chi connectivity index (χ1n) is 3.43. The van der Waals surface area contributed by atoms with Gasteiger partial charge in [0.15, 0.2) is 0 Å². The van der Waals surface area contributed by atoms with Crippen molar-refractivity contribution in [1.82, 2.24) is 9.78 Å². The van der Waals surface area contributed by atoms with Gasteiger partial charge in [0, 0.05) is 14.0 Å². The van der Waals surface area contributed by atoms with E-state index in [4.69, 9.17) is 5.14 Å². The molecule has 0 aliphatic rings. The van der Waals surface area contributed by atoms with E-state index in [1.54, 1.807) is 0 Å². The number of aryl methyl sites for hydroxylation is 1. The van der Waals surface area contributed by atoms with Gasteiger partial charge >= 0.3 is 29.6 Å². The predicted octanol–water partition coefficient (Wildman–Crippen LogP) is -4.31. The fraction of sp³-hybridized carbons (Fsp3) is 0.400. The van der Waals surface area contributed by atoms with Crippen molar-refractivity contribution in [3.8, 4) is 0 Å². The zero-order valence-corrected chi connectivity index (χ0v) is 12.1. The predicted molar refractivity (Wildman–Crippen MR) is 49.8 cm³/mol. The Labute approximate surface area is 114 Å². The third-order valence-electron chi connectivity index (χ3n) is 1.18. The summed E-state index contributed by atoms with van der Waals surface area (Å²) in [4.78, 5) is 14.4. The SMILES string of the molecule is CC(=O)N=c1sc(S(N)(=O)=O)nn1C.[H-].[Na+]. The van der Waals surface area contributed by atoms with Crippen molar-refractivity contribution in [3.63, 3.8) is 0 Å². The Hall–Kier alpha value is -0.0600. The van der Waals surface area contributed by atoms with Crippen molar-refractivity contribution in [2.75, 3.05) is 0 Å². The Morgan fingerprint density at radius 3 is 2.53 bits per heavy atom. The number of rotatable bonds is 1. The summed E-state index contributed by atoms with van der Waals surface area (Å²) in [7, 11) is -2.35. The summed E-state index contributed by atoms with van der Waals surface area (Å²) in [5.74, 6) is -0.426. The molecular weight excluding hydrogens is 251 g/mol. The second-order valence-corrected chi connectivity index (χ2v) is 5.14. The van der Waals surface area contributed by atoms with Gasteiger partial charge < -0.3 is 1.43 Å². The van der Waals surface area contributed by atoms with E-state index in [0.29, 0.717) is 0 Å². The van der Waals surface area contributed by atoms with Crippen LogP contribution in [0.2, 0.25) is 0 Å². The minimum absolute atomic E-state index is 0. The number of hydrogen-bond acceptors (Lipinski definition) is 5. The van der Waals surface area contributed by atoms with Crippen molar-refractivity contribution >= 4 is 27.3 Å². The molecule has 0 spiro atoms. The van der Waals surface area contributed by atoms with Crippen LogP contribution in [0.15, 0.2) is 9.33 Å². The molecule has 1 heterocycles. The molecule has 15 heavy (non-hydrogen) atoms. The zero-order chi connectivity index (χ0) is 10.9. The first-order chi connectivity index (χ1) is 6.30. The molecular formula is C5H9N4NaO3S2. The molecule has 80 valence electrons. The molecule has 0 radical (unpaired) electrons. The maximum atomic E-state index is 10.9. The van der Waals surface area contributed by atoms with Gasteiger partial charge in [-0.2, -0.15) is 4.99 Å². The van der Waals surface area contributed by atoms with E-state index in [9.17, 15) is 13.2 Å². The number of primary sulfonamides is 1. The number of hydrogen-bond donors (Lipinski definition) is 1. The van der Waals surface area contributed by atoms with Crippen molar-refractivity contribution in [3.05, 3.63) is 4.80 Å². The van der Waals surface area contributed by atoms with Gasteiger partial charge in [-0.25, -0.2) is 18.2 Å². The number of carbonyl (C=O) groups excluding carboxylic acids is 1. The summed E-state index contributed by atoms with van der Waals surface area (Å²) in [5.41, 5.74) is 0. The van der Waals surface area contributed by atoms with Gasteiger partial charge in [-0.15, -0.1) is 5.10 Å². The van der Waals surface area contributed by atoms with Crippen molar-refractivity contribution in [2.24, 2.45) is 17.2 Å². The molecule has 1 amide bonds. The fourth-order valence-electron chi connectivity index (χ4n) is 0.675. The van der Waals surface area contributed by atoms with Crippen LogP contribution in [-0.4, -0.2) is 24.1 Å². The summed E-state index contributed by atoms with van der Waals surface area (Å²) in [6.45, 7) is 1.26. The molecule has 0 aliphatic heterocycles. The third kappa shape index (κ3) is 4.13. The van der Waals surface area contributed by atoms with Gasteiger partial charge in [0.1, 0.15) is 0 Å². The standard InChI is InChI=1S/C5H8N4O3S2.Na.H/c1-3(10)7-4-9(2)8-5(13-4)14(6,11)12;;/h1-2H3,(H2,6,11,12);;/q;+1;-1. The van der Waals surface area contributed by atoms with E-state index >= 15 is 0 Å². The molecule has 0 aromatic carbocycles. The first-order valence-corrected chi connectivity index (χ1v) is 5.79. The van der Waals surface area contributed by atoms with Crippen LogP contribution in [0.5, 0.6) is 0 Å². The molecule has 0 saturated heterocycles. The molecule has 0 atom stereocenters. The average Bonchev–Trinajstić information content (AvgIpc) is 2.30. The first kappa shape index (κ1) is 14.9. The molecule has 1 aromatic heterocycles. The van der Waals surface area contributed by atoms with Crippen LogP contribution in [0, 0.1) is 0 Å². The second-order valence-electron chi connectivity index (χ2n) is 2.45. The van der Waals surface area contributed by atoms with Gasteiger partial charge in [-0.3, -0.25) is 4.79 Å². The van der Waals surface area contributed by atoms with E-state index in [1.807, 2.05) is 0 Å². The van der Waals surface area contributed by atoms with Gasteiger partial charge in [0.2, 0.25) is 15.0 Å². The van der Waals surface area contributed by atoms with Crippen LogP contribution in [0.1, 0.15) is 8.35 Å². The fourth-order valence-corrected chi connectivity index (χ4v) is 2.27. The Balaban J connectivity index is 0. The Bertz CT molecular complexity index is 534. The number of sulfonamides is 1. The van der Waals surface area contributed by atoms with Crippen molar-refractivity contribution in [2.45, 2.75) is 11.3 Å². The van der Waals surface area contributed by atoms with Crippen LogP contribution >= 0.6 is 11.3 Å². The third-order valence-corrected chi connectivity index (χ3v) is 3.49. The summed E-state index contributed by atoms with van der Waals surface area (Å²) in [6, 6.07) is 0. The zero-order valence-electron chi connectivity index (χ0n) is 9.46. The average molecular weight is 260 g/mol. The van der Waals surface area contributed by atoms with Crippen molar-refractivity contribution < 1.29 is 44.2 Å². The molecule has 7 nitrogen and oxygen atoms in total. The normalized spacial score (nSPS) is 12.3. The minimum Gasteiger partial charge on any atom is -1.00 e. The molecule has 0 fully saturated rings. The molecule has 2 N–H and O–H groups in total. The number of aromatic nitrogens is 2. The summed E-state index contributed by atoms with van der Waals surface area (Å²) < 4.78 is 22.7. The molecule has 0 bridgehead atoms. The summed E-state index contributed by atoms with van der Waals surface area (Å²) in [5, 5.41) is 8.46. The van der Waals surface area contributed by atoms with Crippen LogP contribution in [0.3, 0.4) is 0 Å². The Kier molecular flexibility index (Phi) is 5.30. The summed E-state index contributed by atoms with van der Waals surface area (Å²) in [6.07, 6.45) is 0. The quantitative estimate of drug-likeness (QED) is 0.515. The molecule has 1 aromatic rings. The van der Waals surface area contributed by atoms with Crippen LogP contribution < -0.4 is 39.5 Å². The molecule has 10 heteroatoms. The summed E-state index contributed by atoms with van der Waals surface area (Å²) >= 11 is 0.746. The van der Waals surface area contributed by atoms with Crippen molar-refractivity contribution in [1.29, 1.82) is 0 Å². The van der Waals surface area contributed by atoms with E-state index in [-0.39, 0.29) is 40.1 Å². The number of amides is 1. The van der Waals surface area contributed by atoms with E-state index < -0.39 is 15.9 Å². The molecule has 0 unspecified atom stereocenters. The molecule has 0 aliphatic carbocycles. The second kappa shape index (κ2) is 5.32. The van der Waals surface area contributed by atoms with Gasteiger partial charge in [-0.05, 0) is 0 Å². The van der Waals surface area contributed by atoms with Crippen LogP contribution in [0.25, 0.3) is 0 Å². The Morgan fingerprint density at radius 1 is 1.67 bits per heavy atom. The van der Waals surface area contributed by atoms with E-state index in [2.05, 4.69) is 10.1 Å². The van der Waals surface area contributed by atoms with E-state index in [1.165, 1.54) is 18.7 Å². The maximum Gasteiger partial charge on any atom is 1.00 e. The van der Waals surface area contributed by atoms with Crippen LogP contribution in [-0.2, 0) is 21.9 Å². The van der Waals surface area contributed by atoms with Gasteiger partial charge in [0.25, 0.3) is 10.0 Å². The largest absolute Gasteiger partial charge is 1.00 e. The van der Waals surface area contributed by atoms with E-state index in [0.717, 1.165) is 11.3 Å². The Morgan fingerprint density at radius 2 is 2.20 bits per heavy atom. The molecule has 0 saturated carbocycles. The maximum absolute atomic E-state index is 10.9. The minimum atomic E-state index is -3.83.